The number of fused-ring (bicyclic) bond motifs is 1. The molecule has 1 saturated heterocycles. The summed E-state index contributed by atoms with van der Waals surface area (Å²) in [5.74, 6) is -1.14. The zero-order valence-corrected chi connectivity index (χ0v) is 19.6. The van der Waals surface area contributed by atoms with Gasteiger partial charge in [-0.15, -0.1) is 5.10 Å². The van der Waals surface area contributed by atoms with E-state index in [9.17, 15) is 13.2 Å². The summed E-state index contributed by atoms with van der Waals surface area (Å²) in [6.07, 6.45) is 2.06. The molecule has 0 saturated carbocycles. The lowest BCUT2D eigenvalue weighted by atomic mass is 10.0. The molecule has 1 unspecified atom stereocenters. The van der Waals surface area contributed by atoms with Gasteiger partial charge in [0, 0.05) is 11.7 Å². The van der Waals surface area contributed by atoms with Crippen molar-refractivity contribution in [2.45, 2.75) is 57.7 Å². The number of aromatic nitrogens is 4. The summed E-state index contributed by atoms with van der Waals surface area (Å²) in [6, 6.07) is 9.81. The monoisotopic (exact) mass is 490 g/mol. The molecular formula is C24H26ClF3N6. The molecule has 2 aromatic heterocycles. The number of nitrogens with zero attached hydrogens (tertiary/aromatic N) is 5. The van der Waals surface area contributed by atoms with E-state index >= 15 is 0 Å². The molecule has 1 aromatic carbocycles. The minimum absolute atomic E-state index is 0.0648. The van der Waals surface area contributed by atoms with E-state index in [-0.39, 0.29) is 16.9 Å². The standard InChI is InChI=1S/C24H26ClF3N6/c1-15-12-20(25)30-21(13-15)34-23(31-22(32-34)24(26,27)28)29-18-7-4-16-5-8-19(9-6-17(16)14-18)33-10-2-3-11-33/h4,7,12-14,19H,2-3,5-6,8-11H2,1H3,(H,29,31,32). The van der Waals surface area contributed by atoms with Crippen molar-refractivity contribution in [2.24, 2.45) is 0 Å². The van der Waals surface area contributed by atoms with Crippen molar-refractivity contribution in [3.63, 3.8) is 0 Å². The number of hydrogen-bond donors (Lipinski definition) is 1. The summed E-state index contributed by atoms with van der Waals surface area (Å²) >= 11 is 6.04. The number of nitrogens with one attached hydrogen (secondary N) is 1. The number of likely N-dealkylation sites (tertiary alicyclic amines) is 1. The molecule has 1 aliphatic carbocycles. The molecule has 0 spiro atoms. The molecule has 6 nitrogen and oxygen atoms in total. The molecule has 3 aromatic rings. The molecule has 3 heterocycles. The summed E-state index contributed by atoms with van der Waals surface area (Å²) < 4.78 is 41.3. The van der Waals surface area contributed by atoms with Crippen LogP contribution >= 0.6 is 11.6 Å². The summed E-state index contributed by atoms with van der Waals surface area (Å²) in [5.41, 5.74) is 3.95. The van der Waals surface area contributed by atoms with Crippen molar-refractivity contribution < 1.29 is 13.2 Å². The number of aryl methyl sites for hydroxylation is 3. The van der Waals surface area contributed by atoms with Gasteiger partial charge in [-0.05, 0) is 99.5 Å². The second-order valence-electron chi connectivity index (χ2n) is 9.08. The molecule has 10 heteroatoms. The first kappa shape index (κ1) is 23.1. The van der Waals surface area contributed by atoms with E-state index in [4.69, 9.17) is 11.6 Å². The molecule has 0 radical (unpaired) electrons. The molecule has 1 N–H and O–H groups in total. The zero-order chi connectivity index (χ0) is 23.9. The fraction of sp³-hybridized carbons (Fsp3) is 0.458. The molecule has 0 amide bonds. The van der Waals surface area contributed by atoms with E-state index in [1.165, 1.54) is 37.1 Å². The average Bonchev–Trinajstić information content (AvgIpc) is 3.40. The lowest BCUT2D eigenvalue weighted by Crippen LogP contribution is -2.32. The van der Waals surface area contributed by atoms with E-state index in [1.54, 1.807) is 19.1 Å². The Balaban J connectivity index is 1.43. The molecule has 2 aliphatic rings. The van der Waals surface area contributed by atoms with E-state index in [0.717, 1.165) is 35.9 Å². The minimum Gasteiger partial charge on any atom is -0.324 e. The molecular weight excluding hydrogens is 465 g/mol. The quantitative estimate of drug-likeness (QED) is 0.374. The summed E-state index contributed by atoms with van der Waals surface area (Å²) in [5, 5.41) is 6.88. The molecule has 1 aliphatic heterocycles. The van der Waals surface area contributed by atoms with Crippen molar-refractivity contribution in [3.05, 3.63) is 58.0 Å². The van der Waals surface area contributed by atoms with E-state index in [1.807, 2.05) is 12.1 Å². The third kappa shape index (κ3) is 4.90. The average molecular weight is 491 g/mol. The third-order valence-electron chi connectivity index (χ3n) is 6.62. The highest BCUT2D eigenvalue weighted by Crippen LogP contribution is 2.32. The van der Waals surface area contributed by atoms with Crippen LogP contribution in [0.15, 0.2) is 30.3 Å². The Morgan fingerprint density at radius 2 is 1.74 bits per heavy atom. The normalized spacial score (nSPS) is 19.1. The lowest BCUT2D eigenvalue weighted by Gasteiger charge is -2.25. The van der Waals surface area contributed by atoms with Gasteiger partial charge in [-0.1, -0.05) is 17.7 Å². The van der Waals surface area contributed by atoms with Gasteiger partial charge in [0.05, 0.1) is 0 Å². The van der Waals surface area contributed by atoms with Crippen molar-refractivity contribution >= 4 is 23.2 Å². The van der Waals surface area contributed by atoms with Gasteiger partial charge in [0.2, 0.25) is 5.95 Å². The number of anilines is 2. The molecule has 1 atom stereocenters. The Labute approximate surface area is 201 Å². The molecule has 5 rings (SSSR count). The summed E-state index contributed by atoms with van der Waals surface area (Å²) in [6.45, 7) is 4.15. The second-order valence-corrected chi connectivity index (χ2v) is 9.46. The van der Waals surface area contributed by atoms with Crippen molar-refractivity contribution in [3.8, 4) is 5.82 Å². The topological polar surface area (TPSA) is 58.9 Å². The molecule has 1 fully saturated rings. The number of pyridine rings is 1. The highest BCUT2D eigenvalue weighted by Gasteiger charge is 2.37. The SMILES string of the molecule is Cc1cc(Cl)nc(-n2nc(C(F)(F)F)nc2Nc2ccc3c(c2)CCC(N2CCCC2)CC3)c1. The minimum atomic E-state index is -4.69. The first-order chi connectivity index (χ1) is 16.3. The van der Waals surface area contributed by atoms with Crippen molar-refractivity contribution in [1.29, 1.82) is 0 Å². The van der Waals surface area contributed by atoms with Gasteiger partial charge < -0.3 is 10.2 Å². The Morgan fingerprint density at radius 3 is 2.44 bits per heavy atom. The van der Waals surface area contributed by atoms with Gasteiger partial charge in [0.25, 0.3) is 5.82 Å². The smallest absolute Gasteiger partial charge is 0.324 e. The predicted molar refractivity (Wildman–Crippen MR) is 125 cm³/mol. The van der Waals surface area contributed by atoms with Crippen LogP contribution in [0.4, 0.5) is 24.8 Å². The van der Waals surface area contributed by atoms with Crippen LogP contribution in [-0.4, -0.2) is 43.8 Å². The first-order valence-electron chi connectivity index (χ1n) is 11.6. The van der Waals surface area contributed by atoms with Crippen LogP contribution in [0.5, 0.6) is 0 Å². The Morgan fingerprint density at radius 1 is 1.00 bits per heavy atom. The van der Waals surface area contributed by atoms with E-state index in [0.29, 0.717) is 11.7 Å². The molecule has 180 valence electrons. The highest BCUT2D eigenvalue weighted by molar-refractivity contribution is 6.29. The van der Waals surface area contributed by atoms with Gasteiger partial charge in [-0.2, -0.15) is 22.8 Å². The maximum absolute atomic E-state index is 13.4. The van der Waals surface area contributed by atoms with Gasteiger partial charge in [0.15, 0.2) is 5.82 Å². The zero-order valence-electron chi connectivity index (χ0n) is 18.9. The van der Waals surface area contributed by atoms with Crippen LogP contribution in [0.1, 0.15) is 48.2 Å². The first-order valence-corrected chi connectivity index (χ1v) is 12.0. The number of hydrogen-bond acceptors (Lipinski definition) is 5. The van der Waals surface area contributed by atoms with Gasteiger partial charge in [-0.25, -0.2) is 4.98 Å². The Bertz CT molecular complexity index is 1170. The largest absolute Gasteiger partial charge is 0.453 e. The number of benzene rings is 1. The molecule has 34 heavy (non-hydrogen) atoms. The predicted octanol–water partition coefficient (Wildman–Crippen LogP) is 5.73. The Hall–Kier alpha value is -2.65. The number of rotatable bonds is 4. The van der Waals surface area contributed by atoms with Crippen molar-refractivity contribution in [2.75, 3.05) is 18.4 Å². The Kier molecular flexibility index (Phi) is 6.24. The summed E-state index contributed by atoms with van der Waals surface area (Å²) in [7, 11) is 0. The van der Waals surface area contributed by atoms with Crippen LogP contribution in [0.3, 0.4) is 0 Å². The fourth-order valence-corrected chi connectivity index (χ4v) is 5.22. The highest BCUT2D eigenvalue weighted by atomic mass is 35.5. The van der Waals surface area contributed by atoms with Crippen LogP contribution in [0, 0.1) is 6.92 Å². The summed E-state index contributed by atoms with van der Waals surface area (Å²) in [4.78, 5) is 10.5. The van der Waals surface area contributed by atoms with E-state index in [2.05, 4.69) is 31.3 Å². The van der Waals surface area contributed by atoms with Gasteiger partial charge in [-0.3, -0.25) is 0 Å². The number of halogens is 4. The second kappa shape index (κ2) is 9.19. The van der Waals surface area contributed by atoms with Crippen LogP contribution in [-0.2, 0) is 19.0 Å². The van der Waals surface area contributed by atoms with Crippen molar-refractivity contribution in [1.82, 2.24) is 24.6 Å². The molecule has 0 bridgehead atoms. The number of alkyl halides is 3. The van der Waals surface area contributed by atoms with Gasteiger partial charge >= 0.3 is 6.18 Å². The third-order valence-corrected chi connectivity index (χ3v) is 6.81. The maximum Gasteiger partial charge on any atom is 0.453 e. The maximum atomic E-state index is 13.4. The van der Waals surface area contributed by atoms with Crippen LogP contribution < -0.4 is 5.32 Å². The van der Waals surface area contributed by atoms with Crippen LogP contribution in [0.2, 0.25) is 5.15 Å². The fourth-order valence-electron chi connectivity index (χ4n) is 4.96. The van der Waals surface area contributed by atoms with E-state index < -0.39 is 12.0 Å². The van der Waals surface area contributed by atoms with Crippen LogP contribution in [0.25, 0.3) is 5.82 Å². The van der Waals surface area contributed by atoms with Gasteiger partial charge in [0.1, 0.15) is 5.15 Å². The lowest BCUT2D eigenvalue weighted by molar-refractivity contribution is -0.144.